The Morgan fingerprint density at radius 2 is 2.28 bits per heavy atom. The smallest absolute Gasteiger partial charge is 0.237 e. The van der Waals surface area contributed by atoms with Gasteiger partial charge in [0.05, 0.1) is 6.79 Å². The molecule has 94 valence electrons. The number of anilines is 1. The van der Waals surface area contributed by atoms with Gasteiger partial charge in [0.2, 0.25) is 5.91 Å². The number of rotatable bonds is 0. The number of nitrogens with zero attached hydrogens (tertiary/aromatic N) is 1. The van der Waals surface area contributed by atoms with Crippen LogP contribution in [-0.2, 0) is 10.2 Å². The zero-order valence-electron chi connectivity index (χ0n) is 11.6. The Bertz CT molecular complexity index is 610. The minimum absolute atomic E-state index is 0.137. The van der Waals surface area contributed by atoms with Gasteiger partial charge in [0.1, 0.15) is 0 Å². The largest absolute Gasteiger partial charge is 0.314 e. The van der Waals surface area contributed by atoms with Crippen molar-refractivity contribution in [2.45, 2.75) is 31.6 Å². The maximum Gasteiger partial charge on any atom is 0.237 e. The summed E-state index contributed by atoms with van der Waals surface area (Å²) in [4.78, 5) is 14.4. The maximum absolute atomic E-state index is 12.7. The van der Waals surface area contributed by atoms with Crippen molar-refractivity contribution in [3.8, 4) is 0 Å². The van der Waals surface area contributed by atoms with E-state index in [-0.39, 0.29) is 5.91 Å². The number of allylic oxidation sites excluding steroid dienone is 2. The first-order valence-corrected chi connectivity index (χ1v) is 7.00. The molecule has 0 bridgehead atoms. The van der Waals surface area contributed by atoms with E-state index in [9.17, 15) is 4.79 Å². The van der Waals surface area contributed by atoms with Gasteiger partial charge in [-0.25, -0.2) is 0 Å². The Hall–Kier alpha value is -1.09. The normalized spacial score (nSPS) is 27.3. The summed E-state index contributed by atoms with van der Waals surface area (Å²) in [6.07, 6.45) is 4.75. The fourth-order valence-corrected chi connectivity index (χ4v) is 3.37. The van der Waals surface area contributed by atoms with Crippen molar-refractivity contribution in [1.29, 1.82) is 0 Å². The van der Waals surface area contributed by atoms with Crippen LogP contribution in [0, 0.1) is 0 Å². The van der Waals surface area contributed by atoms with Crippen LogP contribution in [0.5, 0.6) is 0 Å². The van der Waals surface area contributed by atoms with Crippen LogP contribution < -0.4 is 4.90 Å². The summed E-state index contributed by atoms with van der Waals surface area (Å²) in [7, 11) is 1.78. The average Bonchev–Trinajstić information content (AvgIpc) is 2.60. The molecule has 0 radical (unpaired) electrons. The number of amides is 1. The van der Waals surface area contributed by atoms with Gasteiger partial charge < -0.3 is 4.90 Å². The summed E-state index contributed by atoms with van der Waals surface area (Å²) in [6, 6.07) is 4.31. The van der Waals surface area contributed by atoms with E-state index in [2.05, 4.69) is 28.9 Å². The summed E-state index contributed by atoms with van der Waals surface area (Å²) in [6.45, 7) is 2.12. The number of carbonyl (C=O) groups is 1. The molecule has 1 aromatic rings. The molecule has 1 spiro atoms. The van der Waals surface area contributed by atoms with Gasteiger partial charge in [0.25, 0.3) is 0 Å². The molecule has 0 saturated heterocycles. The van der Waals surface area contributed by atoms with E-state index >= 15 is 0 Å². The lowest BCUT2D eigenvalue weighted by atomic mass is 9.71. The van der Waals surface area contributed by atoms with Gasteiger partial charge in [0, 0.05) is 17.2 Å². The van der Waals surface area contributed by atoms with Gasteiger partial charge >= 0.3 is 0 Å². The molecule has 0 N–H and O–H groups in total. The Morgan fingerprint density at radius 3 is 2.94 bits per heavy atom. The Labute approximate surface area is 117 Å². The standard InChI is InChI=1S/C15H16BrNO/c1-10-5-7-15(8-6-10)12-4-3-11(16)9-13(12)17(2)14(15)18/h3-5,9H,6-8H2,1-2H3/t15-/m0/s1/i9D. The topological polar surface area (TPSA) is 20.3 Å². The number of fused-ring (bicyclic) bond motifs is 2. The molecular formula is C15H16BrNO. The van der Waals surface area contributed by atoms with Crippen LogP contribution in [0.3, 0.4) is 0 Å². The van der Waals surface area contributed by atoms with Gasteiger partial charge in [-0.2, -0.15) is 0 Å². The molecule has 0 saturated carbocycles. The minimum atomic E-state index is -0.430. The van der Waals surface area contributed by atoms with E-state index in [0.29, 0.717) is 6.04 Å². The van der Waals surface area contributed by atoms with Crippen molar-refractivity contribution >= 4 is 27.5 Å². The Balaban J connectivity index is 2.22. The third-order valence-electron chi connectivity index (χ3n) is 4.20. The molecule has 2 aliphatic rings. The first-order chi connectivity index (χ1) is 8.97. The van der Waals surface area contributed by atoms with Crippen LogP contribution in [0.2, 0.25) is 0 Å². The van der Waals surface area contributed by atoms with Crippen molar-refractivity contribution in [3.63, 3.8) is 0 Å². The SMILES string of the molecule is [2H]c1c(Br)ccc2c1N(C)C(=O)[C@]21CC=C(C)CC1. The predicted molar refractivity (Wildman–Crippen MR) is 76.8 cm³/mol. The summed E-state index contributed by atoms with van der Waals surface area (Å²) in [5, 5.41) is 0. The van der Waals surface area contributed by atoms with Crippen molar-refractivity contribution < 1.29 is 6.17 Å². The molecule has 1 aromatic carbocycles. The molecule has 18 heavy (non-hydrogen) atoms. The lowest BCUT2D eigenvalue weighted by Gasteiger charge is -2.30. The van der Waals surface area contributed by atoms with Crippen LogP contribution >= 0.6 is 15.9 Å². The summed E-state index contributed by atoms with van der Waals surface area (Å²) in [5.74, 6) is 0.137. The lowest BCUT2D eigenvalue weighted by Crippen LogP contribution is -2.39. The van der Waals surface area contributed by atoms with Crippen LogP contribution in [0.25, 0.3) is 0 Å². The van der Waals surface area contributed by atoms with Gasteiger partial charge in [0.15, 0.2) is 0 Å². The third kappa shape index (κ3) is 1.50. The third-order valence-corrected chi connectivity index (χ3v) is 4.66. The minimum Gasteiger partial charge on any atom is -0.314 e. The quantitative estimate of drug-likeness (QED) is 0.668. The Kier molecular flexibility index (Phi) is 2.37. The van der Waals surface area contributed by atoms with E-state index < -0.39 is 5.41 Å². The van der Waals surface area contributed by atoms with E-state index in [1.165, 1.54) is 5.57 Å². The fraction of sp³-hybridized carbons (Fsp3) is 0.400. The zero-order chi connectivity index (χ0) is 13.8. The number of likely N-dealkylation sites (N-methyl/N-ethyl adjacent to an activating group) is 1. The highest BCUT2D eigenvalue weighted by atomic mass is 79.9. The number of hydrogen-bond donors (Lipinski definition) is 0. The van der Waals surface area contributed by atoms with Gasteiger partial charge in [-0.05, 0) is 43.9 Å². The monoisotopic (exact) mass is 306 g/mol. The fourth-order valence-electron chi connectivity index (χ4n) is 3.05. The number of benzene rings is 1. The molecule has 1 atom stereocenters. The summed E-state index contributed by atoms with van der Waals surface area (Å²) >= 11 is 3.38. The highest BCUT2D eigenvalue weighted by molar-refractivity contribution is 9.10. The molecule has 0 unspecified atom stereocenters. The molecular weight excluding hydrogens is 290 g/mol. The van der Waals surface area contributed by atoms with Crippen LogP contribution in [0.4, 0.5) is 5.69 Å². The average molecular weight is 307 g/mol. The first kappa shape index (κ1) is 10.8. The van der Waals surface area contributed by atoms with Gasteiger partial charge in [-0.3, -0.25) is 4.79 Å². The lowest BCUT2D eigenvalue weighted by molar-refractivity contribution is -0.123. The Morgan fingerprint density at radius 1 is 1.50 bits per heavy atom. The van der Waals surface area contributed by atoms with Crippen molar-refractivity contribution in [3.05, 3.63) is 39.9 Å². The number of hydrogen-bond acceptors (Lipinski definition) is 1. The first-order valence-electron chi connectivity index (χ1n) is 6.71. The van der Waals surface area contributed by atoms with Crippen molar-refractivity contribution in [1.82, 2.24) is 0 Å². The van der Waals surface area contributed by atoms with Gasteiger partial charge in [-0.1, -0.05) is 33.6 Å². The van der Waals surface area contributed by atoms with Crippen LogP contribution in [0.1, 0.15) is 33.1 Å². The second kappa shape index (κ2) is 3.95. The number of halogens is 1. The van der Waals surface area contributed by atoms with E-state index in [1.54, 1.807) is 11.9 Å². The van der Waals surface area contributed by atoms with Crippen LogP contribution in [0.15, 0.2) is 34.3 Å². The molecule has 0 aromatic heterocycles. The highest BCUT2D eigenvalue weighted by Crippen LogP contribution is 2.49. The molecule has 1 heterocycles. The van der Waals surface area contributed by atoms with Gasteiger partial charge in [-0.15, -0.1) is 0 Å². The molecule has 3 heteroatoms. The van der Waals surface area contributed by atoms with E-state index in [1.807, 2.05) is 12.1 Å². The predicted octanol–water partition coefficient (Wildman–Crippen LogP) is 3.79. The molecule has 1 amide bonds. The number of carbonyl (C=O) groups excluding carboxylic acids is 1. The molecule has 1 aliphatic carbocycles. The zero-order valence-corrected chi connectivity index (χ0v) is 12.2. The maximum atomic E-state index is 12.7. The van der Waals surface area contributed by atoms with E-state index in [0.717, 1.165) is 35.0 Å². The molecule has 3 rings (SSSR count). The second-order valence-electron chi connectivity index (χ2n) is 5.27. The second-order valence-corrected chi connectivity index (χ2v) is 6.12. The molecule has 2 nitrogen and oxygen atoms in total. The molecule has 0 fully saturated rings. The summed E-state index contributed by atoms with van der Waals surface area (Å²) in [5.41, 5.74) is 2.72. The van der Waals surface area contributed by atoms with Crippen LogP contribution in [-0.4, -0.2) is 13.0 Å². The van der Waals surface area contributed by atoms with Crippen molar-refractivity contribution in [2.75, 3.05) is 11.9 Å². The van der Waals surface area contributed by atoms with E-state index in [4.69, 9.17) is 1.37 Å². The van der Waals surface area contributed by atoms with Crippen molar-refractivity contribution in [2.24, 2.45) is 0 Å². The molecule has 1 aliphatic heterocycles. The summed E-state index contributed by atoms with van der Waals surface area (Å²) < 4.78 is 8.92. The highest BCUT2D eigenvalue weighted by Gasteiger charge is 2.49.